The second-order valence-electron chi connectivity index (χ2n) is 8.34. The monoisotopic (exact) mass is 511 g/mol. The Morgan fingerprint density at radius 2 is 2.06 bits per heavy atom. The van der Waals surface area contributed by atoms with Crippen LogP contribution in [0.25, 0.3) is 11.4 Å². The van der Waals surface area contributed by atoms with E-state index < -0.39 is 12.2 Å². The van der Waals surface area contributed by atoms with Gasteiger partial charge in [-0.25, -0.2) is 14.5 Å². The van der Waals surface area contributed by atoms with Crippen molar-refractivity contribution in [2.45, 2.75) is 25.9 Å². The van der Waals surface area contributed by atoms with Gasteiger partial charge in [-0.05, 0) is 31.5 Å². The molecule has 1 aliphatic rings. The summed E-state index contributed by atoms with van der Waals surface area (Å²) in [7, 11) is 1.63. The first-order valence-corrected chi connectivity index (χ1v) is 11.7. The molecular formula is C24H26ClN7O4. The lowest BCUT2D eigenvalue weighted by atomic mass is 9.95. The van der Waals surface area contributed by atoms with E-state index in [1.54, 1.807) is 44.4 Å². The summed E-state index contributed by atoms with van der Waals surface area (Å²) in [6, 6.07) is 6.83. The lowest BCUT2D eigenvalue weighted by Crippen LogP contribution is -2.29. The van der Waals surface area contributed by atoms with Gasteiger partial charge < -0.3 is 14.8 Å². The lowest BCUT2D eigenvalue weighted by molar-refractivity contribution is -0.116. The molecule has 2 N–H and O–H groups in total. The molecule has 0 radical (unpaired) electrons. The molecule has 2 amide bonds. The third-order valence-corrected chi connectivity index (χ3v) is 6.05. The van der Waals surface area contributed by atoms with Crippen LogP contribution in [-0.2, 0) is 21.3 Å². The molecule has 0 spiro atoms. The van der Waals surface area contributed by atoms with Gasteiger partial charge in [-0.3, -0.25) is 15.1 Å². The molecule has 0 aliphatic carbocycles. The minimum atomic E-state index is -0.715. The van der Waals surface area contributed by atoms with Gasteiger partial charge in [0.15, 0.2) is 11.5 Å². The average molecular weight is 512 g/mol. The highest BCUT2D eigenvalue weighted by molar-refractivity contribution is 6.30. The second kappa shape index (κ2) is 11.3. The zero-order valence-corrected chi connectivity index (χ0v) is 20.7. The number of pyridine rings is 2. The summed E-state index contributed by atoms with van der Waals surface area (Å²) < 4.78 is 12.0. The van der Waals surface area contributed by atoms with E-state index in [4.69, 9.17) is 21.1 Å². The van der Waals surface area contributed by atoms with Gasteiger partial charge in [0.1, 0.15) is 11.3 Å². The van der Waals surface area contributed by atoms with Crippen LogP contribution in [0.2, 0.25) is 5.15 Å². The summed E-state index contributed by atoms with van der Waals surface area (Å²) in [6.07, 6.45) is 2.68. The van der Waals surface area contributed by atoms with Crippen molar-refractivity contribution in [3.05, 3.63) is 59.5 Å². The van der Waals surface area contributed by atoms with Crippen LogP contribution in [0.3, 0.4) is 0 Å². The summed E-state index contributed by atoms with van der Waals surface area (Å²) in [6.45, 7) is 7.09. The van der Waals surface area contributed by atoms with Gasteiger partial charge in [0.2, 0.25) is 5.91 Å². The van der Waals surface area contributed by atoms with Crippen molar-refractivity contribution in [1.29, 1.82) is 0 Å². The number of aromatic nitrogens is 5. The third-order valence-electron chi connectivity index (χ3n) is 5.74. The maximum Gasteiger partial charge on any atom is 0.413 e. The molecule has 3 aromatic heterocycles. The molecule has 36 heavy (non-hydrogen) atoms. The van der Waals surface area contributed by atoms with Crippen molar-refractivity contribution in [3.8, 4) is 11.4 Å². The Labute approximate surface area is 212 Å². The number of anilines is 2. The highest BCUT2D eigenvalue weighted by atomic mass is 35.5. The number of hydrogen-bond donors (Lipinski definition) is 2. The smallest absolute Gasteiger partial charge is 0.413 e. The fourth-order valence-corrected chi connectivity index (χ4v) is 3.78. The van der Waals surface area contributed by atoms with Gasteiger partial charge in [-0.15, -0.1) is 5.10 Å². The van der Waals surface area contributed by atoms with E-state index in [1.807, 2.05) is 0 Å². The minimum absolute atomic E-state index is 0.126. The van der Waals surface area contributed by atoms with Crippen LogP contribution in [0.1, 0.15) is 31.4 Å². The van der Waals surface area contributed by atoms with Crippen molar-refractivity contribution in [1.82, 2.24) is 25.0 Å². The lowest BCUT2D eigenvalue weighted by Gasteiger charge is -2.27. The molecule has 11 nitrogen and oxygen atoms in total. The van der Waals surface area contributed by atoms with Crippen molar-refractivity contribution in [2.75, 3.05) is 23.8 Å². The van der Waals surface area contributed by atoms with Crippen LogP contribution in [0.15, 0.2) is 48.8 Å². The van der Waals surface area contributed by atoms with Gasteiger partial charge in [-0.1, -0.05) is 35.0 Å². The molecule has 3 aromatic rings. The zero-order chi connectivity index (χ0) is 25.7. The number of rotatable bonds is 9. The summed E-state index contributed by atoms with van der Waals surface area (Å²) in [4.78, 5) is 33.2. The Balaban J connectivity index is 1.36. The van der Waals surface area contributed by atoms with Crippen LogP contribution in [0, 0.1) is 5.92 Å². The van der Waals surface area contributed by atoms with Gasteiger partial charge in [0, 0.05) is 31.1 Å². The van der Waals surface area contributed by atoms with E-state index in [-0.39, 0.29) is 11.1 Å². The summed E-state index contributed by atoms with van der Waals surface area (Å²) in [5.74, 6) is 0.521. The maximum atomic E-state index is 12.5. The van der Waals surface area contributed by atoms with Crippen LogP contribution in [-0.4, -0.2) is 50.2 Å². The molecule has 12 heteroatoms. The standard InChI is InChI=1S/C24H26ClN7O4/c1-14(16-12-35-13-16)6-9-20(33)28-17-7-8-19(27-11-17)21-23(32(3)31-30-21)29-24(34)36-15(2)18-5-4-10-26-22(18)25/h4-5,7-8,10-11,15-16H,1,6,9,12-13H2,2-3H3,(H,28,33)(H,29,34)/t15-/m1/s1. The fourth-order valence-electron chi connectivity index (χ4n) is 3.50. The Kier molecular flexibility index (Phi) is 7.91. The van der Waals surface area contributed by atoms with Crippen molar-refractivity contribution in [3.63, 3.8) is 0 Å². The number of halogens is 1. The van der Waals surface area contributed by atoms with Gasteiger partial charge >= 0.3 is 6.09 Å². The van der Waals surface area contributed by atoms with Crippen LogP contribution >= 0.6 is 11.6 Å². The molecule has 0 saturated carbocycles. The number of ether oxygens (including phenoxy) is 2. The summed E-state index contributed by atoms with van der Waals surface area (Å²) in [5.41, 5.74) is 2.96. The number of nitrogens with one attached hydrogen (secondary N) is 2. The Bertz CT molecular complexity index is 1260. The molecular weight excluding hydrogens is 486 g/mol. The van der Waals surface area contributed by atoms with Crippen molar-refractivity contribution >= 4 is 35.1 Å². The Hall–Kier alpha value is -3.83. The predicted octanol–water partition coefficient (Wildman–Crippen LogP) is 4.16. The van der Waals surface area contributed by atoms with Crippen LogP contribution in [0.5, 0.6) is 0 Å². The number of aryl methyl sites for hydroxylation is 1. The normalized spacial score (nSPS) is 14.0. The molecule has 1 aliphatic heterocycles. The summed E-state index contributed by atoms with van der Waals surface area (Å²) in [5, 5.41) is 13.8. The molecule has 188 valence electrons. The van der Waals surface area contributed by atoms with Gasteiger partial charge in [0.25, 0.3) is 0 Å². The topological polar surface area (TPSA) is 133 Å². The molecule has 4 heterocycles. The SMILES string of the molecule is C=C(CCC(=O)Nc1ccc(-c2nnn(C)c2NC(=O)O[C@H](C)c2cccnc2Cl)nc1)C1COC1. The molecule has 1 fully saturated rings. The molecule has 1 atom stereocenters. The minimum Gasteiger partial charge on any atom is -0.441 e. The largest absolute Gasteiger partial charge is 0.441 e. The number of nitrogens with zero attached hydrogens (tertiary/aromatic N) is 5. The van der Waals surface area contributed by atoms with Crippen LogP contribution < -0.4 is 10.6 Å². The number of carbonyl (C=O) groups is 2. The van der Waals surface area contributed by atoms with Crippen molar-refractivity contribution < 1.29 is 19.1 Å². The van der Waals surface area contributed by atoms with E-state index in [0.29, 0.717) is 60.4 Å². The maximum absolute atomic E-state index is 12.5. The van der Waals surface area contributed by atoms with Crippen LogP contribution in [0.4, 0.5) is 16.3 Å². The third kappa shape index (κ3) is 6.04. The first kappa shape index (κ1) is 25.3. The number of amides is 2. The fraction of sp³-hybridized carbons (Fsp3) is 0.333. The highest BCUT2D eigenvalue weighted by Gasteiger charge is 2.22. The summed E-state index contributed by atoms with van der Waals surface area (Å²) >= 11 is 6.08. The average Bonchev–Trinajstić information content (AvgIpc) is 3.17. The van der Waals surface area contributed by atoms with E-state index in [9.17, 15) is 9.59 Å². The van der Waals surface area contributed by atoms with E-state index in [0.717, 1.165) is 5.57 Å². The highest BCUT2D eigenvalue weighted by Crippen LogP contribution is 2.27. The molecule has 0 bridgehead atoms. The first-order chi connectivity index (χ1) is 17.3. The second-order valence-corrected chi connectivity index (χ2v) is 8.70. The van der Waals surface area contributed by atoms with Crippen molar-refractivity contribution in [2.24, 2.45) is 13.0 Å². The number of carbonyl (C=O) groups excluding carboxylic acids is 2. The molecule has 1 saturated heterocycles. The molecule has 4 rings (SSSR count). The van der Waals surface area contributed by atoms with Gasteiger partial charge in [0.05, 0.1) is 30.8 Å². The number of hydrogen-bond acceptors (Lipinski definition) is 8. The first-order valence-electron chi connectivity index (χ1n) is 11.3. The van der Waals surface area contributed by atoms with Gasteiger partial charge in [-0.2, -0.15) is 0 Å². The Morgan fingerprint density at radius 1 is 1.25 bits per heavy atom. The zero-order valence-electron chi connectivity index (χ0n) is 19.9. The van der Waals surface area contributed by atoms with E-state index >= 15 is 0 Å². The quantitative estimate of drug-likeness (QED) is 0.323. The Morgan fingerprint density at radius 3 is 2.72 bits per heavy atom. The van der Waals surface area contributed by atoms with E-state index in [1.165, 1.54) is 10.9 Å². The predicted molar refractivity (Wildman–Crippen MR) is 133 cm³/mol. The van der Waals surface area contributed by atoms with E-state index in [2.05, 4.69) is 37.5 Å². The molecule has 0 aromatic carbocycles. The molecule has 0 unspecified atom stereocenters.